The van der Waals surface area contributed by atoms with Crippen LogP contribution in [0.25, 0.3) is 0 Å². The molecule has 0 aromatic heterocycles. The van der Waals surface area contributed by atoms with E-state index in [0.29, 0.717) is 61.0 Å². The molecule has 1 spiro atoms. The van der Waals surface area contributed by atoms with Crippen molar-refractivity contribution in [1.29, 1.82) is 0 Å². The molecule has 1 fully saturated rings. The molecule has 2 heterocycles. The summed E-state index contributed by atoms with van der Waals surface area (Å²) in [4.78, 5) is 31.3. The highest BCUT2D eigenvalue weighted by atomic mass is 35.5. The Morgan fingerprint density at radius 1 is 1.16 bits per heavy atom. The van der Waals surface area contributed by atoms with E-state index in [0.717, 1.165) is 42.8 Å². The minimum atomic E-state index is -4.28. The maximum Gasteiger partial charge on any atom is 0.303 e. The lowest BCUT2D eigenvalue weighted by molar-refractivity contribution is -0.148. The number of anilines is 1. The molecule has 2 aliphatic carbocycles. The summed E-state index contributed by atoms with van der Waals surface area (Å²) in [7, 11) is 1.65. The molecule has 0 unspecified atom stereocenters. The van der Waals surface area contributed by atoms with Crippen LogP contribution in [0.3, 0.4) is 0 Å². The number of benzene rings is 2. The number of carbonyl (C=O) groups excluding carboxylic acids is 2. The molecule has 2 aromatic rings. The third-order valence-corrected chi connectivity index (χ3v) is 12.9. The first kappa shape index (κ1) is 36.6. The number of allylic oxidation sites excluding steroid dienone is 1. The van der Waals surface area contributed by atoms with Gasteiger partial charge in [0.1, 0.15) is 5.75 Å². The van der Waals surface area contributed by atoms with Gasteiger partial charge in [0.2, 0.25) is 5.91 Å². The van der Waals surface area contributed by atoms with Crippen LogP contribution in [0.15, 0.2) is 48.6 Å². The Kier molecular flexibility index (Phi) is 10.6. The number of carbonyl (C=O) groups is 2. The van der Waals surface area contributed by atoms with Gasteiger partial charge in [0.15, 0.2) is 5.60 Å². The van der Waals surface area contributed by atoms with E-state index in [1.54, 1.807) is 32.4 Å². The van der Waals surface area contributed by atoms with Gasteiger partial charge in [-0.15, -0.1) is 0 Å². The smallest absolute Gasteiger partial charge is 0.303 e. The van der Waals surface area contributed by atoms with Crippen LogP contribution in [0.5, 0.6) is 5.75 Å². The van der Waals surface area contributed by atoms with Gasteiger partial charge in [0.05, 0.1) is 24.8 Å². The molecule has 4 aliphatic rings. The van der Waals surface area contributed by atoms with E-state index in [-0.39, 0.29) is 17.1 Å². The molecule has 2 N–H and O–H groups in total. The molecule has 11 nitrogen and oxygen atoms in total. The third-order valence-electron chi connectivity index (χ3n) is 11.2. The molecule has 2 aromatic carbocycles. The van der Waals surface area contributed by atoms with Crippen LogP contribution in [0.2, 0.25) is 5.02 Å². The number of rotatable bonds is 4. The molecule has 2 bridgehead atoms. The van der Waals surface area contributed by atoms with Crippen LogP contribution < -0.4 is 14.4 Å². The average molecular weight is 729 g/mol. The Balaban J connectivity index is 1.48. The monoisotopic (exact) mass is 728 g/mol. The fourth-order valence-electron chi connectivity index (χ4n) is 8.07. The molecule has 0 saturated heterocycles. The van der Waals surface area contributed by atoms with E-state index in [2.05, 4.69) is 29.2 Å². The number of hydrogen-bond donors (Lipinski definition) is 2. The Morgan fingerprint density at radius 3 is 2.68 bits per heavy atom. The maximum atomic E-state index is 13.9. The second kappa shape index (κ2) is 14.5. The zero-order valence-electron chi connectivity index (χ0n) is 29.4. The fraction of sp³-hybridized carbons (Fsp3) is 0.568. The van der Waals surface area contributed by atoms with Crippen molar-refractivity contribution >= 4 is 39.3 Å². The molecule has 2 aliphatic heterocycles. The van der Waals surface area contributed by atoms with Gasteiger partial charge in [-0.25, -0.2) is 4.72 Å². The number of hydrogen-bond acceptors (Lipinski definition) is 8. The number of aryl methyl sites for hydroxylation is 1. The highest BCUT2D eigenvalue weighted by Gasteiger charge is 2.47. The van der Waals surface area contributed by atoms with Crippen LogP contribution in [0.4, 0.5) is 5.69 Å². The summed E-state index contributed by atoms with van der Waals surface area (Å²) in [5.74, 6) is -0.493. The quantitative estimate of drug-likeness (QED) is 0.450. The van der Waals surface area contributed by atoms with Gasteiger partial charge < -0.3 is 24.4 Å². The number of halogens is 1. The van der Waals surface area contributed by atoms with Gasteiger partial charge in [0, 0.05) is 58.3 Å². The lowest BCUT2D eigenvalue weighted by atomic mass is 9.68. The molecule has 272 valence electrons. The van der Waals surface area contributed by atoms with Crippen LogP contribution in [-0.2, 0) is 42.0 Å². The Labute approximate surface area is 300 Å². The predicted octanol–water partition coefficient (Wildman–Crippen LogP) is 4.16. The summed E-state index contributed by atoms with van der Waals surface area (Å²) in [6.07, 6.45) is 9.83. The molecule has 2 amide bonds. The van der Waals surface area contributed by atoms with Crippen molar-refractivity contribution in [3.05, 3.63) is 70.3 Å². The Hall–Kier alpha value is -3.16. The minimum Gasteiger partial charge on any atom is -0.490 e. The zero-order chi connectivity index (χ0) is 35.8. The van der Waals surface area contributed by atoms with Crippen molar-refractivity contribution in [1.82, 2.24) is 13.9 Å². The number of fused-ring (bicyclic) bond motifs is 4. The molecular formula is C37H49ClN4O7S. The summed E-state index contributed by atoms with van der Waals surface area (Å²) in [5, 5.41) is 13.0. The van der Waals surface area contributed by atoms with Crippen LogP contribution in [0, 0.1) is 11.8 Å². The Morgan fingerprint density at radius 2 is 1.96 bits per heavy atom. The summed E-state index contributed by atoms with van der Waals surface area (Å²) < 4.78 is 41.1. The Bertz CT molecular complexity index is 1750. The molecule has 50 heavy (non-hydrogen) atoms. The topological polar surface area (TPSA) is 129 Å². The summed E-state index contributed by atoms with van der Waals surface area (Å²) >= 11 is 6.45. The second-order valence-corrected chi connectivity index (χ2v) is 17.0. The van der Waals surface area contributed by atoms with Crippen molar-refractivity contribution in [2.75, 3.05) is 59.4 Å². The molecule has 13 heteroatoms. The van der Waals surface area contributed by atoms with E-state index in [9.17, 15) is 23.1 Å². The van der Waals surface area contributed by atoms with Crippen LogP contribution in [0.1, 0.15) is 61.6 Å². The lowest BCUT2D eigenvalue weighted by Gasteiger charge is -2.46. The lowest BCUT2D eigenvalue weighted by Crippen LogP contribution is -2.52. The van der Waals surface area contributed by atoms with Crippen molar-refractivity contribution in [2.24, 2.45) is 11.8 Å². The third kappa shape index (κ3) is 7.14. The number of nitrogens with zero attached hydrogens (tertiary/aromatic N) is 3. The molecule has 1 saturated carbocycles. The average Bonchev–Trinajstić information content (AvgIpc) is 3.21. The first-order valence-electron chi connectivity index (χ1n) is 17.5. The minimum absolute atomic E-state index is 0.0447. The predicted molar refractivity (Wildman–Crippen MR) is 193 cm³/mol. The zero-order valence-corrected chi connectivity index (χ0v) is 30.9. The van der Waals surface area contributed by atoms with Crippen molar-refractivity contribution in [3.63, 3.8) is 0 Å². The van der Waals surface area contributed by atoms with Crippen LogP contribution in [-0.4, -0.2) is 95.1 Å². The molecule has 5 atom stereocenters. The maximum absolute atomic E-state index is 13.9. The first-order valence-corrected chi connectivity index (χ1v) is 19.3. The summed E-state index contributed by atoms with van der Waals surface area (Å²) in [6, 6.07) is 11.1. The van der Waals surface area contributed by atoms with E-state index in [4.69, 9.17) is 21.1 Å². The largest absolute Gasteiger partial charge is 0.490 e. The number of amides is 2. The SMILES string of the molecule is CO[C@H]1/C=C/CCCN(C)C(=O)C[C@](O)(C(=O)NS(=O)(=O)N(C)C)c2ccc3c(c2)N(C[C@@H]2CC[C@H]21)C[C@@]1(CCCc2cc(Cl)ccc21)CO3. The van der Waals surface area contributed by atoms with Crippen molar-refractivity contribution in [3.8, 4) is 5.75 Å². The fourth-order valence-corrected chi connectivity index (χ4v) is 8.85. The summed E-state index contributed by atoms with van der Waals surface area (Å²) in [5.41, 5.74) is 0.374. The number of nitrogens with one attached hydrogen (secondary N) is 1. The molecular weight excluding hydrogens is 680 g/mol. The molecule has 6 rings (SSSR count). The van der Waals surface area contributed by atoms with Gasteiger partial charge in [-0.05, 0) is 97.7 Å². The van der Waals surface area contributed by atoms with E-state index >= 15 is 0 Å². The highest BCUT2D eigenvalue weighted by molar-refractivity contribution is 7.87. The van der Waals surface area contributed by atoms with Gasteiger partial charge in [-0.3, -0.25) is 9.59 Å². The van der Waals surface area contributed by atoms with E-state index in [1.165, 1.54) is 30.1 Å². The number of ether oxygens (including phenoxy) is 2. The van der Waals surface area contributed by atoms with E-state index < -0.39 is 34.0 Å². The number of aliphatic hydroxyl groups is 1. The van der Waals surface area contributed by atoms with Gasteiger partial charge >= 0.3 is 10.2 Å². The molecule has 0 radical (unpaired) electrons. The standard InChI is InChI=1S/C37H49ClN4O7S/c1-40(2)50(46,47)39-35(44)37(45)21-34(43)41(3)18-7-5-6-10-32(48-4)29-14-11-26(29)22-42-23-36(24-49-33-16-12-27(37)20-31(33)42)17-8-9-25-19-28(38)13-15-30(25)36/h6,10,12-13,15-16,19-20,26,29,32,45H,5,7-9,11,14,17-18,21-24H2,1-4H3,(H,39,44)/b10-6+/t26-,29+,32-,36-,37+/m0/s1. The van der Waals surface area contributed by atoms with Gasteiger partial charge in [0.25, 0.3) is 5.91 Å². The van der Waals surface area contributed by atoms with Crippen molar-refractivity contribution in [2.45, 2.75) is 68.5 Å². The van der Waals surface area contributed by atoms with Crippen molar-refractivity contribution < 1.29 is 32.6 Å². The van der Waals surface area contributed by atoms with Gasteiger partial charge in [-0.1, -0.05) is 35.9 Å². The van der Waals surface area contributed by atoms with Crippen LogP contribution >= 0.6 is 11.6 Å². The van der Waals surface area contributed by atoms with Gasteiger partial charge in [-0.2, -0.15) is 12.7 Å². The summed E-state index contributed by atoms with van der Waals surface area (Å²) in [6.45, 7) is 2.12. The number of methoxy groups -OCH3 is 1. The normalized spacial score (nSPS) is 29.6. The van der Waals surface area contributed by atoms with E-state index in [1.807, 2.05) is 10.8 Å². The first-order chi connectivity index (χ1) is 23.8. The second-order valence-electron chi connectivity index (χ2n) is 14.6. The highest BCUT2D eigenvalue weighted by Crippen LogP contribution is 2.47.